The van der Waals surface area contributed by atoms with E-state index < -0.39 is 0 Å². The Morgan fingerprint density at radius 1 is 1.46 bits per heavy atom. The fourth-order valence-electron chi connectivity index (χ4n) is 1.64. The first-order valence-corrected chi connectivity index (χ1v) is 4.38. The third-order valence-corrected chi connectivity index (χ3v) is 2.38. The van der Waals surface area contributed by atoms with Gasteiger partial charge in [0.15, 0.2) is 0 Å². The third-order valence-electron chi connectivity index (χ3n) is 2.38. The zero-order valence-corrected chi connectivity index (χ0v) is 7.23. The molecule has 1 aromatic carbocycles. The van der Waals surface area contributed by atoms with E-state index in [1.54, 1.807) is 12.1 Å². The minimum atomic E-state index is 0.140. The highest BCUT2D eigenvalue weighted by Gasteiger charge is 2.20. The van der Waals surface area contributed by atoms with Crippen LogP contribution in [0.1, 0.15) is 17.9 Å². The quantitative estimate of drug-likeness (QED) is 0.683. The summed E-state index contributed by atoms with van der Waals surface area (Å²) >= 11 is 0. The number of aliphatic hydroxyl groups is 1. The summed E-state index contributed by atoms with van der Waals surface area (Å²) in [6, 6.07) is 5.03. The van der Waals surface area contributed by atoms with Crippen molar-refractivity contribution in [1.29, 1.82) is 0 Å². The average Bonchev–Trinajstić information content (AvgIpc) is 2.16. The molecule has 0 fully saturated rings. The van der Waals surface area contributed by atoms with Gasteiger partial charge in [-0.15, -0.1) is 0 Å². The molecule has 0 saturated heterocycles. The molecule has 0 saturated carbocycles. The standard InChI is InChI=1S/C10H12O3/c11-6-7-3-4-13-10-5-8(12)1-2-9(7)10/h1-2,5,7,11-12H,3-4,6H2. The van der Waals surface area contributed by atoms with Crippen molar-refractivity contribution in [2.75, 3.05) is 13.2 Å². The first-order chi connectivity index (χ1) is 6.31. The van der Waals surface area contributed by atoms with Crippen molar-refractivity contribution >= 4 is 0 Å². The van der Waals surface area contributed by atoms with Gasteiger partial charge in [0.2, 0.25) is 0 Å². The summed E-state index contributed by atoms with van der Waals surface area (Å²) in [6.07, 6.45) is 0.842. The van der Waals surface area contributed by atoms with Gasteiger partial charge in [-0.1, -0.05) is 6.07 Å². The van der Waals surface area contributed by atoms with Gasteiger partial charge in [-0.3, -0.25) is 0 Å². The van der Waals surface area contributed by atoms with E-state index in [4.69, 9.17) is 9.84 Å². The van der Waals surface area contributed by atoms with Gasteiger partial charge in [0.25, 0.3) is 0 Å². The van der Waals surface area contributed by atoms with E-state index >= 15 is 0 Å². The van der Waals surface area contributed by atoms with E-state index in [1.165, 1.54) is 0 Å². The number of phenolic OH excluding ortho intramolecular Hbond substituents is 1. The third kappa shape index (κ3) is 1.47. The lowest BCUT2D eigenvalue weighted by atomic mass is 9.94. The van der Waals surface area contributed by atoms with Crippen molar-refractivity contribution in [1.82, 2.24) is 0 Å². The summed E-state index contributed by atoms with van der Waals surface area (Å²) in [5, 5.41) is 18.3. The molecule has 13 heavy (non-hydrogen) atoms. The van der Waals surface area contributed by atoms with Crippen molar-refractivity contribution in [2.45, 2.75) is 12.3 Å². The van der Waals surface area contributed by atoms with Gasteiger partial charge in [-0.25, -0.2) is 0 Å². The second kappa shape index (κ2) is 3.26. The highest BCUT2D eigenvalue weighted by Crippen LogP contribution is 2.35. The highest BCUT2D eigenvalue weighted by molar-refractivity contribution is 5.43. The van der Waals surface area contributed by atoms with Crippen LogP contribution in [-0.2, 0) is 0 Å². The molecule has 0 aliphatic carbocycles. The topological polar surface area (TPSA) is 49.7 Å². The Labute approximate surface area is 76.6 Å². The van der Waals surface area contributed by atoms with Crippen molar-refractivity contribution in [3.63, 3.8) is 0 Å². The lowest BCUT2D eigenvalue weighted by molar-refractivity contribution is 0.204. The number of phenols is 1. The number of hydrogen-bond donors (Lipinski definition) is 2. The maximum Gasteiger partial charge on any atom is 0.126 e. The lowest BCUT2D eigenvalue weighted by Gasteiger charge is -2.24. The molecule has 1 heterocycles. The maximum atomic E-state index is 9.20. The zero-order chi connectivity index (χ0) is 9.26. The number of fused-ring (bicyclic) bond motifs is 1. The minimum absolute atomic E-state index is 0.140. The Morgan fingerprint density at radius 3 is 3.08 bits per heavy atom. The predicted octanol–water partition coefficient (Wildman–Crippen LogP) is 1.25. The molecule has 1 aliphatic rings. The monoisotopic (exact) mass is 180 g/mol. The molecule has 1 aliphatic heterocycles. The molecular formula is C10H12O3. The number of aliphatic hydroxyl groups excluding tert-OH is 1. The van der Waals surface area contributed by atoms with E-state index in [-0.39, 0.29) is 18.3 Å². The Hall–Kier alpha value is -1.22. The van der Waals surface area contributed by atoms with Crippen LogP contribution in [0, 0.1) is 0 Å². The molecule has 0 bridgehead atoms. The number of ether oxygens (including phenoxy) is 1. The van der Waals surface area contributed by atoms with Gasteiger partial charge < -0.3 is 14.9 Å². The van der Waals surface area contributed by atoms with Crippen LogP contribution in [0.3, 0.4) is 0 Å². The molecule has 2 N–H and O–H groups in total. The van der Waals surface area contributed by atoms with Crippen LogP contribution < -0.4 is 4.74 Å². The number of hydrogen-bond acceptors (Lipinski definition) is 3. The van der Waals surface area contributed by atoms with E-state index in [9.17, 15) is 5.11 Å². The van der Waals surface area contributed by atoms with Crippen LogP contribution >= 0.6 is 0 Å². The highest BCUT2D eigenvalue weighted by atomic mass is 16.5. The smallest absolute Gasteiger partial charge is 0.126 e. The molecule has 3 nitrogen and oxygen atoms in total. The van der Waals surface area contributed by atoms with Gasteiger partial charge in [0, 0.05) is 12.0 Å². The van der Waals surface area contributed by atoms with E-state index in [1.807, 2.05) is 6.07 Å². The van der Waals surface area contributed by atoms with Gasteiger partial charge >= 0.3 is 0 Å². The Morgan fingerprint density at radius 2 is 2.31 bits per heavy atom. The zero-order valence-electron chi connectivity index (χ0n) is 7.23. The second-order valence-electron chi connectivity index (χ2n) is 3.24. The molecule has 2 rings (SSSR count). The van der Waals surface area contributed by atoms with Crippen LogP contribution in [0.4, 0.5) is 0 Å². The minimum Gasteiger partial charge on any atom is -0.508 e. The van der Waals surface area contributed by atoms with Crippen LogP contribution in [0.5, 0.6) is 11.5 Å². The molecule has 1 aromatic rings. The fourth-order valence-corrected chi connectivity index (χ4v) is 1.64. The summed E-state index contributed by atoms with van der Waals surface area (Å²) in [5.74, 6) is 1.06. The summed E-state index contributed by atoms with van der Waals surface area (Å²) in [5.41, 5.74) is 0.992. The van der Waals surface area contributed by atoms with E-state index in [2.05, 4.69) is 0 Å². The average molecular weight is 180 g/mol. The first kappa shape index (κ1) is 8.38. The summed E-state index contributed by atoms with van der Waals surface area (Å²) in [6.45, 7) is 0.753. The second-order valence-corrected chi connectivity index (χ2v) is 3.24. The van der Waals surface area contributed by atoms with Crippen molar-refractivity contribution in [3.8, 4) is 11.5 Å². The largest absolute Gasteiger partial charge is 0.508 e. The summed E-state index contributed by atoms with van der Waals surface area (Å²) in [4.78, 5) is 0. The molecular weight excluding hydrogens is 168 g/mol. The summed E-state index contributed by atoms with van der Waals surface area (Å²) < 4.78 is 5.37. The Bertz CT molecular complexity index is 309. The molecule has 0 amide bonds. The van der Waals surface area contributed by atoms with E-state index in [0.717, 1.165) is 12.0 Å². The van der Waals surface area contributed by atoms with Gasteiger partial charge in [-0.2, -0.15) is 0 Å². The SMILES string of the molecule is OCC1CCOc2cc(O)ccc21. The van der Waals surface area contributed by atoms with Crippen LogP contribution in [0.25, 0.3) is 0 Å². The number of benzene rings is 1. The molecule has 0 radical (unpaired) electrons. The van der Waals surface area contributed by atoms with Gasteiger partial charge in [-0.05, 0) is 18.1 Å². The van der Waals surface area contributed by atoms with Gasteiger partial charge in [0.05, 0.1) is 13.2 Å². The summed E-state index contributed by atoms with van der Waals surface area (Å²) in [7, 11) is 0. The normalized spacial score (nSPS) is 20.5. The van der Waals surface area contributed by atoms with Crippen LogP contribution in [-0.4, -0.2) is 23.4 Å². The number of rotatable bonds is 1. The predicted molar refractivity (Wildman–Crippen MR) is 48.0 cm³/mol. The van der Waals surface area contributed by atoms with Gasteiger partial charge in [0.1, 0.15) is 11.5 Å². The first-order valence-electron chi connectivity index (χ1n) is 4.38. The molecule has 0 spiro atoms. The molecule has 1 unspecified atom stereocenters. The van der Waals surface area contributed by atoms with Crippen LogP contribution in [0.2, 0.25) is 0 Å². The molecule has 70 valence electrons. The Kier molecular flexibility index (Phi) is 2.10. The molecule has 0 aromatic heterocycles. The van der Waals surface area contributed by atoms with Crippen molar-refractivity contribution in [3.05, 3.63) is 23.8 Å². The molecule has 1 atom stereocenters. The molecule has 3 heteroatoms. The fraction of sp³-hybridized carbons (Fsp3) is 0.400. The maximum absolute atomic E-state index is 9.20. The Balaban J connectivity index is 2.40. The number of aromatic hydroxyl groups is 1. The van der Waals surface area contributed by atoms with Crippen molar-refractivity contribution in [2.24, 2.45) is 0 Å². The van der Waals surface area contributed by atoms with Crippen LogP contribution in [0.15, 0.2) is 18.2 Å². The van der Waals surface area contributed by atoms with E-state index in [0.29, 0.717) is 12.4 Å². The van der Waals surface area contributed by atoms with Crippen molar-refractivity contribution < 1.29 is 14.9 Å². The lowest BCUT2D eigenvalue weighted by Crippen LogP contribution is -2.16.